The van der Waals surface area contributed by atoms with E-state index >= 15 is 0 Å². The number of alkyl halides is 6. The Morgan fingerprint density at radius 1 is 1.27 bits per heavy atom. The van der Waals surface area contributed by atoms with E-state index in [1.807, 2.05) is 0 Å². The number of aryl methyl sites for hydroxylation is 1. The van der Waals surface area contributed by atoms with Crippen LogP contribution in [0.25, 0.3) is 11.3 Å². The number of nitrogen functional groups attached to an aromatic ring is 1. The van der Waals surface area contributed by atoms with Gasteiger partial charge in [0.1, 0.15) is 17.8 Å². The number of nitrogens with zero attached hydrogens (tertiary/aromatic N) is 3. The molecule has 0 aliphatic rings. The summed E-state index contributed by atoms with van der Waals surface area (Å²) in [6.45, 7) is -0.601. The highest BCUT2D eigenvalue weighted by molar-refractivity contribution is 5.61. The first-order valence-corrected chi connectivity index (χ1v) is 7.17. The summed E-state index contributed by atoms with van der Waals surface area (Å²) in [6, 6.07) is 0.669. The number of aromatic nitrogens is 3. The van der Waals surface area contributed by atoms with E-state index < -0.39 is 35.8 Å². The lowest BCUT2D eigenvalue weighted by molar-refractivity contribution is -0.641. The molecular weight excluding hydrogens is 368 g/mol. The molecule has 4 N–H and O–H groups in total. The number of nitrogens with two attached hydrogens (primary N) is 1. The summed E-state index contributed by atoms with van der Waals surface area (Å²) in [5, 5.41) is 13.3. The van der Waals surface area contributed by atoms with Gasteiger partial charge in [-0.1, -0.05) is 4.68 Å². The first kappa shape index (κ1) is 19.8. The van der Waals surface area contributed by atoms with Gasteiger partial charge in [0, 0.05) is 13.2 Å². The highest BCUT2D eigenvalue weighted by atomic mass is 19.4. The fourth-order valence-corrected chi connectivity index (χ4v) is 2.13. The molecule has 0 aromatic carbocycles. The van der Waals surface area contributed by atoms with E-state index in [-0.39, 0.29) is 11.3 Å². The molecule has 144 valence electrons. The average Bonchev–Trinajstić information content (AvgIpc) is 2.88. The fourth-order valence-electron chi connectivity index (χ4n) is 2.13. The van der Waals surface area contributed by atoms with Crippen LogP contribution in [-0.2, 0) is 13.2 Å². The number of aliphatic hydroxyl groups is 1. The second kappa shape index (κ2) is 6.34. The second-order valence-electron chi connectivity index (χ2n) is 5.91. The standard InChI is InChI=1S/C14H16F6N5O/c1-12(26,14(18,19)20)7-23-25-6-9(21)3-10(13(15,16)17)11(25)8-4-22-24(2)5-8/h3-6,23,26H,7,21H2,1-2H3/q+1. The monoisotopic (exact) mass is 384 g/mol. The molecule has 0 spiro atoms. The highest BCUT2D eigenvalue weighted by Crippen LogP contribution is 2.36. The van der Waals surface area contributed by atoms with Gasteiger partial charge in [0.15, 0.2) is 5.60 Å². The number of halogens is 6. The van der Waals surface area contributed by atoms with Gasteiger partial charge in [0.25, 0.3) is 5.69 Å². The van der Waals surface area contributed by atoms with Crippen LogP contribution in [0.4, 0.5) is 32.0 Å². The lowest BCUT2D eigenvalue weighted by Gasteiger charge is -2.25. The third kappa shape index (κ3) is 4.00. The van der Waals surface area contributed by atoms with Crippen LogP contribution >= 0.6 is 0 Å². The van der Waals surface area contributed by atoms with Gasteiger partial charge < -0.3 is 10.8 Å². The normalized spacial score (nSPS) is 15.0. The maximum atomic E-state index is 13.4. The van der Waals surface area contributed by atoms with Crippen molar-refractivity contribution in [3.63, 3.8) is 0 Å². The molecule has 0 saturated heterocycles. The second-order valence-corrected chi connectivity index (χ2v) is 5.91. The Bertz CT molecular complexity index is 796. The van der Waals surface area contributed by atoms with E-state index in [9.17, 15) is 31.4 Å². The molecule has 0 fully saturated rings. The van der Waals surface area contributed by atoms with E-state index in [2.05, 4.69) is 10.5 Å². The molecule has 2 aromatic heterocycles. The van der Waals surface area contributed by atoms with E-state index in [0.29, 0.717) is 17.7 Å². The van der Waals surface area contributed by atoms with Crippen molar-refractivity contribution in [1.29, 1.82) is 0 Å². The summed E-state index contributed by atoms with van der Waals surface area (Å²) < 4.78 is 80.6. The maximum absolute atomic E-state index is 13.4. The topological polar surface area (TPSA) is 80.0 Å². The molecule has 2 aromatic rings. The van der Waals surface area contributed by atoms with E-state index in [1.165, 1.54) is 17.9 Å². The van der Waals surface area contributed by atoms with Crippen molar-refractivity contribution in [1.82, 2.24) is 9.78 Å². The van der Waals surface area contributed by atoms with Crippen molar-refractivity contribution in [3.8, 4) is 11.3 Å². The number of pyridine rings is 1. The summed E-state index contributed by atoms with van der Waals surface area (Å²) in [5.41, 5.74) is 2.47. The van der Waals surface area contributed by atoms with Crippen LogP contribution in [0, 0.1) is 0 Å². The van der Waals surface area contributed by atoms with Gasteiger partial charge in [-0.15, -0.1) is 0 Å². The number of rotatable bonds is 4. The minimum absolute atomic E-state index is 0.000948. The van der Waals surface area contributed by atoms with Crippen LogP contribution in [0.5, 0.6) is 0 Å². The van der Waals surface area contributed by atoms with Crippen molar-refractivity contribution in [2.24, 2.45) is 7.05 Å². The van der Waals surface area contributed by atoms with Gasteiger partial charge in [-0.25, -0.2) is 0 Å². The molecule has 0 amide bonds. The molecule has 0 saturated carbocycles. The van der Waals surface area contributed by atoms with Gasteiger partial charge in [-0.2, -0.15) is 36.9 Å². The summed E-state index contributed by atoms with van der Waals surface area (Å²) >= 11 is 0. The minimum atomic E-state index is -4.98. The van der Waals surface area contributed by atoms with Crippen LogP contribution in [-0.4, -0.2) is 33.2 Å². The van der Waals surface area contributed by atoms with Gasteiger partial charge >= 0.3 is 12.4 Å². The summed E-state index contributed by atoms with van der Waals surface area (Å²) in [4.78, 5) is 0. The van der Waals surface area contributed by atoms with Crippen LogP contribution < -0.4 is 15.8 Å². The molecule has 12 heteroatoms. The van der Waals surface area contributed by atoms with E-state index in [4.69, 9.17) is 5.73 Å². The number of hydrogen-bond donors (Lipinski definition) is 3. The third-order valence-electron chi connectivity index (χ3n) is 3.57. The zero-order chi connectivity index (χ0) is 19.9. The molecule has 0 radical (unpaired) electrons. The first-order valence-electron chi connectivity index (χ1n) is 7.17. The van der Waals surface area contributed by atoms with Gasteiger partial charge in [-0.05, 0) is 13.0 Å². The Hall–Kier alpha value is -2.50. The number of anilines is 1. The highest BCUT2D eigenvalue weighted by Gasteiger charge is 2.51. The molecule has 6 nitrogen and oxygen atoms in total. The van der Waals surface area contributed by atoms with Crippen LogP contribution in [0.15, 0.2) is 24.7 Å². The Morgan fingerprint density at radius 3 is 2.35 bits per heavy atom. The number of nitrogens with one attached hydrogen (secondary N) is 1. The first-order chi connectivity index (χ1) is 11.7. The van der Waals surface area contributed by atoms with Gasteiger partial charge in [0.2, 0.25) is 6.20 Å². The Labute approximate surface area is 143 Å². The zero-order valence-electron chi connectivity index (χ0n) is 13.7. The maximum Gasteiger partial charge on any atom is 0.422 e. The zero-order valence-corrected chi connectivity index (χ0v) is 13.7. The van der Waals surface area contributed by atoms with Crippen LogP contribution in [0.2, 0.25) is 0 Å². The van der Waals surface area contributed by atoms with Crippen molar-refractivity contribution in [3.05, 3.63) is 30.2 Å². The summed E-state index contributed by atoms with van der Waals surface area (Å²) in [6.07, 6.45) is -6.43. The van der Waals surface area contributed by atoms with Crippen molar-refractivity contribution < 1.29 is 36.1 Å². The molecule has 0 aliphatic carbocycles. The molecular formula is C14H16F6N5O+. The Kier molecular flexibility index (Phi) is 4.83. The lowest BCUT2D eigenvalue weighted by Crippen LogP contribution is -2.57. The van der Waals surface area contributed by atoms with Crippen LogP contribution in [0.3, 0.4) is 0 Å². The van der Waals surface area contributed by atoms with Gasteiger partial charge in [-0.3, -0.25) is 4.68 Å². The minimum Gasteiger partial charge on any atom is -0.394 e. The smallest absolute Gasteiger partial charge is 0.394 e. The fraction of sp³-hybridized carbons (Fsp3) is 0.429. The summed E-state index contributed by atoms with van der Waals surface area (Å²) in [7, 11) is 1.47. The van der Waals surface area contributed by atoms with Crippen LogP contribution in [0.1, 0.15) is 12.5 Å². The quantitative estimate of drug-likeness (QED) is 0.555. The Balaban J connectivity index is 2.56. The average molecular weight is 384 g/mol. The van der Waals surface area contributed by atoms with Gasteiger partial charge in [0.05, 0.1) is 11.8 Å². The van der Waals surface area contributed by atoms with Crippen molar-refractivity contribution in [2.75, 3.05) is 17.7 Å². The largest absolute Gasteiger partial charge is 0.422 e. The predicted molar refractivity (Wildman–Crippen MR) is 79.2 cm³/mol. The Morgan fingerprint density at radius 2 is 1.88 bits per heavy atom. The van der Waals surface area contributed by atoms with E-state index in [1.54, 1.807) is 0 Å². The van der Waals surface area contributed by atoms with E-state index in [0.717, 1.165) is 12.4 Å². The SMILES string of the molecule is Cn1cc(-c2c(C(F)(F)F)cc(N)c[n+]2NCC(C)(O)C(F)(F)F)cn1. The van der Waals surface area contributed by atoms with Crippen molar-refractivity contribution >= 4 is 5.69 Å². The van der Waals surface area contributed by atoms with Crippen molar-refractivity contribution in [2.45, 2.75) is 24.9 Å². The molecule has 2 rings (SSSR count). The molecule has 0 bridgehead atoms. The molecule has 1 atom stereocenters. The molecule has 26 heavy (non-hydrogen) atoms. The molecule has 0 aliphatic heterocycles. The predicted octanol–water partition coefficient (Wildman–Crippen LogP) is 1.83. The third-order valence-corrected chi connectivity index (χ3v) is 3.57. The number of hydrogen-bond acceptors (Lipinski definition) is 4. The molecule has 1 unspecified atom stereocenters. The summed E-state index contributed by atoms with van der Waals surface area (Å²) in [5.74, 6) is 0. The lowest BCUT2D eigenvalue weighted by atomic mass is 10.1. The molecule has 2 heterocycles.